The minimum absolute atomic E-state index is 0.397. The van der Waals surface area contributed by atoms with Crippen LogP contribution in [0.3, 0.4) is 0 Å². The Morgan fingerprint density at radius 2 is 2.10 bits per heavy atom. The molecule has 1 aromatic heterocycles. The van der Waals surface area contributed by atoms with Crippen LogP contribution in [0.2, 0.25) is 5.02 Å². The van der Waals surface area contributed by atoms with Crippen LogP contribution in [-0.4, -0.2) is 22.4 Å². The molecule has 2 rings (SSSR count). The number of benzene rings is 1. The van der Waals surface area contributed by atoms with Gasteiger partial charge in [-0.15, -0.1) is 0 Å². The van der Waals surface area contributed by atoms with Crippen LogP contribution in [0.4, 0.5) is 0 Å². The fourth-order valence-corrected chi connectivity index (χ4v) is 2.77. The van der Waals surface area contributed by atoms with E-state index in [0.717, 1.165) is 30.1 Å². The van der Waals surface area contributed by atoms with Crippen molar-refractivity contribution in [2.75, 3.05) is 6.54 Å². The fourth-order valence-electron chi connectivity index (χ4n) is 2.56. The molecule has 0 radical (unpaired) electrons. The van der Waals surface area contributed by atoms with Crippen LogP contribution >= 0.6 is 11.6 Å². The van der Waals surface area contributed by atoms with E-state index in [9.17, 15) is 0 Å². The molecule has 0 saturated carbocycles. The van der Waals surface area contributed by atoms with Crippen molar-refractivity contribution >= 4 is 11.6 Å². The van der Waals surface area contributed by atoms with E-state index >= 15 is 0 Å². The van der Waals surface area contributed by atoms with E-state index in [1.54, 1.807) is 0 Å². The summed E-state index contributed by atoms with van der Waals surface area (Å²) in [6, 6.07) is 10.6. The number of aryl methyl sites for hydroxylation is 2. The molecule has 0 amide bonds. The molecule has 108 valence electrons. The maximum absolute atomic E-state index is 6.06. The van der Waals surface area contributed by atoms with Crippen LogP contribution in [0, 0.1) is 6.92 Å². The normalized spacial score (nSPS) is 12.6. The van der Waals surface area contributed by atoms with Crippen molar-refractivity contribution in [3.8, 4) is 0 Å². The Kier molecular flexibility index (Phi) is 5.21. The van der Waals surface area contributed by atoms with E-state index in [0.29, 0.717) is 6.04 Å². The maximum Gasteiger partial charge on any atom is 0.0596 e. The lowest BCUT2D eigenvalue weighted by Gasteiger charge is -2.18. The third-order valence-electron chi connectivity index (χ3n) is 3.42. The highest BCUT2D eigenvalue weighted by Crippen LogP contribution is 2.14. The van der Waals surface area contributed by atoms with Gasteiger partial charge in [-0.1, -0.05) is 30.7 Å². The monoisotopic (exact) mass is 291 g/mol. The lowest BCUT2D eigenvalue weighted by molar-refractivity contribution is 0.504. The van der Waals surface area contributed by atoms with Gasteiger partial charge in [-0.3, -0.25) is 4.68 Å². The Balaban J connectivity index is 2.09. The van der Waals surface area contributed by atoms with Gasteiger partial charge in [-0.25, -0.2) is 0 Å². The predicted octanol–water partition coefficient (Wildman–Crippen LogP) is 3.15. The summed E-state index contributed by atoms with van der Waals surface area (Å²) in [4.78, 5) is 0. The first-order valence-electron chi connectivity index (χ1n) is 7.06. The minimum Gasteiger partial charge on any atom is -0.314 e. The molecule has 0 aliphatic carbocycles. The summed E-state index contributed by atoms with van der Waals surface area (Å²) >= 11 is 6.06. The molecule has 1 atom stereocenters. The molecule has 2 aromatic rings. The van der Waals surface area contributed by atoms with Crippen LogP contribution < -0.4 is 5.32 Å². The van der Waals surface area contributed by atoms with E-state index in [4.69, 9.17) is 11.6 Å². The topological polar surface area (TPSA) is 29.9 Å². The van der Waals surface area contributed by atoms with E-state index < -0.39 is 0 Å². The molecule has 0 fully saturated rings. The van der Waals surface area contributed by atoms with Gasteiger partial charge in [0.05, 0.1) is 5.69 Å². The van der Waals surface area contributed by atoms with Gasteiger partial charge in [-0.2, -0.15) is 5.10 Å². The molecule has 1 heterocycles. The Bertz CT molecular complexity index is 563. The fraction of sp³-hybridized carbons (Fsp3) is 0.438. The number of hydrogen-bond acceptors (Lipinski definition) is 2. The zero-order valence-corrected chi connectivity index (χ0v) is 13.1. The Morgan fingerprint density at radius 1 is 1.30 bits per heavy atom. The number of halogens is 1. The minimum atomic E-state index is 0.397. The molecule has 3 nitrogen and oxygen atoms in total. The number of aromatic nitrogens is 2. The van der Waals surface area contributed by atoms with Crippen LogP contribution in [0.1, 0.15) is 23.9 Å². The Labute approximate surface area is 126 Å². The third kappa shape index (κ3) is 4.09. The van der Waals surface area contributed by atoms with Gasteiger partial charge in [0.2, 0.25) is 0 Å². The van der Waals surface area contributed by atoms with Gasteiger partial charge in [0.1, 0.15) is 0 Å². The van der Waals surface area contributed by atoms with Crippen LogP contribution in [-0.2, 0) is 19.9 Å². The maximum atomic E-state index is 6.06. The second-order valence-electron chi connectivity index (χ2n) is 5.19. The van der Waals surface area contributed by atoms with Gasteiger partial charge in [0.15, 0.2) is 0 Å². The standard InChI is InChI=1S/C16H22ClN3/c1-4-18-15(10-13-6-5-7-14(17)9-13)11-16-8-12(2)19-20(16)3/h5-9,15,18H,4,10-11H2,1-3H3. The SMILES string of the molecule is CCNC(Cc1cccc(Cl)c1)Cc1cc(C)nn1C. The molecule has 1 unspecified atom stereocenters. The van der Waals surface area contributed by atoms with Crippen molar-refractivity contribution < 1.29 is 0 Å². The van der Waals surface area contributed by atoms with Gasteiger partial charge in [0, 0.05) is 30.2 Å². The van der Waals surface area contributed by atoms with Crippen LogP contribution in [0.5, 0.6) is 0 Å². The van der Waals surface area contributed by atoms with Crippen LogP contribution in [0.25, 0.3) is 0 Å². The first kappa shape index (κ1) is 15.1. The highest BCUT2D eigenvalue weighted by molar-refractivity contribution is 6.30. The summed E-state index contributed by atoms with van der Waals surface area (Å²) in [5.74, 6) is 0. The number of rotatable bonds is 6. The summed E-state index contributed by atoms with van der Waals surface area (Å²) in [5, 5.41) is 8.76. The average molecular weight is 292 g/mol. The number of nitrogens with one attached hydrogen (secondary N) is 1. The third-order valence-corrected chi connectivity index (χ3v) is 3.65. The van der Waals surface area contributed by atoms with Crippen molar-refractivity contribution in [3.05, 3.63) is 52.3 Å². The molecule has 0 saturated heterocycles. The van der Waals surface area contributed by atoms with E-state index in [1.807, 2.05) is 36.9 Å². The highest BCUT2D eigenvalue weighted by atomic mass is 35.5. The lowest BCUT2D eigenvalue weighted by Crippen LogP contribution is -2.33. The molecular weight excluding hydrogens is 270 g/mol. The molecular formula is C16H22ClN3. The zero-order chi connectivity index (χ0) is 14.5. The largest absolute Gasteiger partial charge is 0.314 e. The smallest absolute Gasteiger partial charge is 0.0596 e. The molecule has 4 heteroatoms. The van der Waals surface area contributed by atoms with Crippen molar-refractivity contribution in [1.29, 1.82) is 0 Å². The molecule has 1 N–H and O–H groups in total. The first-order valence-corrected chi connectivity index (χ1v) is 7.43. The second kappa shape index (κ2) is 6.91. The summed E-state index contributed by atoms with van der Waals surface area (Å²) in [7, 11) is 2.00. The average Bonchev–Trinajstić information content (AvgIpc) is 2.68. The second-order valence-corrected chi connectivity index (χ2v) is 5.63. The van der Waals surface area contributed by atoms with Crippen molar-refractivity contribution in [2.24, 2.45) is 7.05 Å². The van der Waals surface area contributed by atoms with E-state index in [-0.39, 0.29) is 0 Å². The Morgan fingerprint density at radius 3 is 2.70 bits per heavy atom. The van der Waals surface area contributed by atoms with Gasteiger partial charge in [0.25, 0.3) is 0 Å². The molecule has 1 aromatic carbocycles. The molecule has 0 bridgehead atoms. The van der Waals surface area contributed by atoms with Gasteiger partial charge in [-0.05, 0) is 43.7 Å². The Hall–Kier alpha value is -1.32. The lowest BCUT2D eigenvalue weighted by atomic mass is 10.0. The predicted molar refractivity (Wildman–Crippen MR) is 84.3 cm³/mol. The van der Waals surface area contributed by atoms with Gasteiger partial charge < -0.3 is 5.32 Å². The summed E-state index contributed by atoms with van der Waals surface area (Å²) in [6.07, 6.45) is 1.94. The van der Waals surface area contributed by atoms with Crippen molar-refractivity contribution in [3.63, 3.8) is 0 Å². The highest BCUT2D eigenvalue weighted by Gasteiger charge is 2.12. The van der Waals surface area contributed by atoms with E-state index in [1.165, 1.54) is 11.3 Å². The molecule has 0 aliphatic heterocycles. The summed E-state index contributed by atoms with van der Waals surface area (Å²) in [5.41, 5.74) is 3.60. The zero-order valence-electron chi connectivity index (χ0n) is 12.4. The van der Waals surface area contributed by atoms with Crippen molar-refractivity contribution in [1.82, 2.24) is 15.1 Å². The van der Waals surface area contributed by atoms with Crippen LogP contribution in [0.15, 0.2) is 30.3 Å². The number of nitrogens with zero attached hydrogens (tertiary/aromatic N) is 2. The molecule has 20 heavy (non-hydrogen) atoms. The van der Waals surface area contributed by atoms with E-state index in [2.05, 4.69) is 29.5 Å². The summed E-state index contributed by atoms with van der Waals surface area (Å²) in [6.45, 7) is 5.13. The van der Waals surface area contributed by atoms with Gasteiger partial charge >= 0.3 is 0 Å². The summed E-state index contributed by atoms with van der Waals surface area (Å²) < 4.78 is 1.97. The quantitative estimate of drug-likeness (QED) is 0.886. The number of hydrogen-bond donors (Lipinski definition) is 1. The molecule has 0 spiro atoms. The molecule has 0 aliphatic rings. The number of likely N-dealkylation sites (N-methyl/N-ethyl adjacent to an activating group) is 1. The first-order chi connectivity index (χ1) is 9.58. The van der Waals surface area contributed by atoms with Crippen molar-refractivity contribution in [2.45, 2.75) is 32.7 Å².